The van der Waals surface area contributed by atoms with Crippen LogP contribution in [0.25, 0.3) is 0 Å². The van der Waals surface area contributed by atoms with Crippen molar-refractivity contribution in [3.8, 4) is 0 Å². The van der Waals surface area contributed by atoms with E-state index in [1.54, 1.807) is 0 Å². The first kappa shape index (κ1) is 10.4. The molecule has 0 aromatic heterocycles. The number of rotatable bonds is 1. The Morgan fingerprint density at radius 1 is 1.57 bits per heavy atom. The maximum absolute atomic E-state index is 9.44. The van der Waals surface area contributed by atoms with Crippen molar-refractivity contribution in [1.82, 2.24) is 0 Å². The maximum atomic E-state index is 9.44. The van der Waals surface area contributed by atoms with E-state index in [2.05, 4.69) is 6.58 Å². The Hall–Kier alpha value is 0.416. The minimum Gasteiger partial charge on any atom is -0.282 e. The highest BCUT2D eigenvalue weighted by molar-refractivity contribution is 7.88. The van der Waals surface area contributed by atoms with Crippen molar-refractivity contribution in [3.05, 3.63) is 12.0 Å². The van der Waals surface area contributed by atoms with Crippen LogP contribution in [0.5, 0.6) is 0 Å². The van der Waals surface area contributed by atoms with Crippen LogP contribution in [0.15, 0.2) is 12.0 Å². The van der Waals surface area contributed by atoms with Crippen molar-refractivity contribution in [2.45, 2.75) is 0 Å². The lowest BCUT2D eigenvalue weighted by Crippen LogP contribution is -1.86. The first-order valence-corrected chi connectivity index (χ1v) is 2.66. The van der Waals surface area contributed by atoms with Gasteiger partial charge in [0.05, 0.1) is 5.41 Å². The average molecular weight is 134 g/mol. The summed E-state index contributed by atoms with van der Waals surface area (Å²) in [5.41, 5.74) is 0. The zero-order valence-electron chi connectivity index (χ0n) is 2.96. The molecule has 0 aliphatic rings. The average Bonchev–Trinajstić information content (AvgIpc) is 1.35. The summed E-state index contributed by atoms with van der Waals surface area (Å²) >= 11 is 0. The maximum Gasteiger partial charge on any atom is 0.316 e. The van der Waals surface area contributed by atoms with Gasteiger partial charge >= 0.3 is 23.1 Å². The molecule has 0 heterocycles. The lowest BCUT2D eigenvalue weighted by atomic mass is 11.3. The van der Waals surface area contributed by atoms with Crippen molar-refractivity contribution in [3.63, 3.8) is 0 Å². The van der Waals surface area contributed by atoms with Gasteiger partial charge in [-0.2, -0.15) is 8.42 Å². The molecule has 0 aromatic rings. The van der Waals surface area contributed by atoms with Gasteiger partial charge in [-0.15, -0.1) is 0 Å². The van der Waals surface area contributed by atoms with Crippen LogP contribution in [-0.4, -0.2) is 36.0 Å². The van der Waals surface area contributed by atoms with E-state index < -0.39 is 10.1 Å². The predicted molar refractivity (Wildman–Crippen MR) is 30.3 cm³/mol. The summed E-state index contributed by atoms with van der Waals surface area (Å²) < 4.78 is 26.6. The molecule has 0 spiro atoms. The summed E-state index contributed by atoms with van der Waals surface area (Å²) in [5, 5.41) is 0.465. The molecule has 0 fully saturated rings. The summed E-state index contributed by atoms with van der Waals surface area (Å²) in [6, 6.07) is 0. The third-order valence-electron chi connectivity index (χ3n) is 0.211. The zero-order valence-corrected chi connectivity index (χ0v) is 3.77. The summed E-state index contributed by atoms with van der Waals surface area (Å²) in [5.74, 6) is 0. The molecule has 3 nitrogen and oxygen atoms in total. The van der Waals surface area contributed by atoms with Gasteiger partial charge in [0.2, 0.25) is 0 Å². The molecule has 0 saturated heterocycles. The SMILES string of the molecule is C=CS(=O)(=O)O.[MgH2]. The smallest absolute Gasteiger partial charge is 0.282 e. The predicted octanol–water partition coefficient (Wildman–Crippen LogP) is -0.899. The van der Waals surface area contributed by atoms with Gasteiger partial charge in [-0.1, -0.05) is 6.58 Å². The van der Waals surface area contributed by atoms with E-state index in [9.17, 15) is 8.42 Å². The third kappa shape index (κ3) is 10.7. The number of hydrogen-bond acceptors (Lipinski definition) is 2. The van der Waals surface area contributed by atoms with Crippen LogP contribution in [0.1, 0.15) is 0 Å². The molecule has 1 N–H and O–H groups in total. The Morgan fingerprint density at radius 3 is 1.71 bits per heavy atom. The molecule has 5 heteroatoms. The Bertz CT molecular complexity index is 123. The molecular formula is C2H6MgO3S. The van der Waals surface area contributed by atoms with Crippen molar-refractivity contribution in [1.29, 1.82) is 0 Å². The second kappa shape index (κ2) is 3.42. The van der Waals surface area contributed by atoms with Gasteiger partial charge in [-0.05, 0) is 0 Å². The Morgan fingerprint density at radius 2 is 1.71 bits per heavy atom. The summed E-state index contributed by atoms with van der Waals surface area (Å²) in [6.45, 7) is 2.79. The topological polar surface area (TPSA) is 54.4 Å². The van der Waals surface area contributed by atoms with Crippen LogP contribution in [0.3, 0.4) is 0 Å². The van der Waals surface area contributed by atoms with Crippen molar-refractivity contribution >= 4 is 33.2 Å². The lowest BCUT2D eigenvalue weighted by Gasteiger charge is -1.73. The van der Waals surface area contributed by atoms with E-state index in [1.165, 1.54) is 0 Å². The van der Waals surface area contributed by atoms with Crippen LogP contribution in [0, 0.1) is 0 Å². The molecule has 40 valence electrons. The molecule has 0 aliphatic heterocycles. The minimum absolute atomic E-state index is 0. The van der Waals surface area contributed by atoms with E-state index in [0.717, 1.165) is 0 Å². The highest BCUT2D eigenvalue weighted by Gasteiger charge is 1.87. The number of hydrogen-bond donors (Lipinski definition) is 1. The van der Waals surface area contributed by atoms with Gasteiger partial charge < -0.3 is 0 Å². The molecule has 0 aliphatic carbocycles. The van der Waals surface area contributed by atoms with Gasteiger partial charge in [0.1, 0.15) is 0 Å². The molecular weight excluding hydrogens is 128 g/mol. The largest absolute Gasteiger partial charge is 0.316 e. The minimum atomic E-state index is -3.90. The quantitative estimate of drug-likeness (QED) is 0.374. The van der Waals surface area contributed by atoms with Gasteiger partial charge in [0.25, 0.3) is 10.1 Å². The zero-order chi connectivity index (χ0) is 5.21. The molecule has 0 saturated carbocycles. The molecule has 7 heavy (non-hydrogen) atoms. The lowest BCUT2D eigenvalue weighted by molar-refractivity contribution is 0.494. The van der Waals surface area contributed by atoms with Crippen LogP contribution in [-0.2, 0) is 10.1 Å². The van der Waals surface area contributed by atoms with Crippen molar-refractivity contribution in [2.75, 3.05) is 0 Å². The molecule has 0 amide bonds. The van der Waals surface area contributed by atoms with Crippen LogP contribution < -0.4 is 0 Å². The van der Waals surface area contributed by atoms with E-state index in [1.807, 2.05) is 0 Å². The molecule has 0 unspecified atom stereocenters. The van der Waals surface area contributed by atoms with Crippen LogP contribution >= 0.6 is 0 Å². The van der Waals surface area contributed by atoms with Gasteiger partial charge in [0, 0.05) is 0 Å². The van der Waals surface area contributed by atoms with E-state index in [4.69, 9.17) is 4.55 Å². The molecule has 0 bridgehead atoms. The first-order chi connectivity index (χ1) is 2.56. The normalized spacial score (nSPS) is 9.29. The molecule has 0 radical (unpaired) electrons. The van der Waals surface area contributed by atoms with Gasteiger partial charge in [0.15, 0.2) is 0 Å². The fourth-order valence-electron chi connectivity index (χ4n) is 0. The molecule has 0 rings (SSSR count). The highest BCUT2D eigenvalue weighted by Crippen LogP contribution is 1.75. The van der Waals surface area contributed by atoms with Gasteiger partial charge in [-0.25, -0.2) is 0 Å². The Labute approximate surface area is 58.3 Å². The Kier molecular flexibility index (Phi) is 5.09. The summed E-state index contributed by atoms with van der Waals surface area (Å²) in [7, 11) is -3.90. The second-order valence-electron chi connectivity index (χ2n) is 0.682. The van der Waals surface area contributed by atoms with E-state index >= 15 is 0 Å². The fourth-order valence-corrected chi connectivity index (χ4v) is 0. The standard InChI is InChI=1S/C2H4O3S.Mg.2H/c1-2-6(3,4)5;;;/h2H,1H2,(H,3,4,5);;;. The molecule has 0 atom stereocenters. The van der Waals surface area contributed by atoms with E-state index in [0.29, 0.717) is 5.41 Å². The molecule has 0 aromatic carbocycles. The monoisotopic (exact) mass is 134 g/mol. The third-order valence-corrected chi connectivity index (χ3v) is 0.632. The summed E-state index contributed by atoms with van der Waals surface area (Å²) in [4.78, 5) is 0. The van der Waals surface area contributed by atoms with Crippen molar-refractivity contribution in [2.24, 2.45) is 0 Å². The second-order valence-corrected chi connectivity index (χ2v) is 2.04. The Balaban J connectivity index is 0. The van der Waals surface area contributed by atoms with Crippen LogP contribution in [0.4, 0.5) is 0 Å². The van der Waals surface area contributed by atoms with Gasteiger partial charge in [-0.3, -0.25) is 4.55 Å². The van der Waals surface area contributed by atoms with E-state index in [-0.39, 0.29) is 23.1 Å². The fraction of sp³-hybridized carbons (Fsp3) is 0. The summed E-state index contributed by atoms with van der Waals surface area (Å²) in [6.07, 6.45) is 0. The first-order valence-electron chi connectivity index (χ1n) is 1.16. The van der Waals surface area contributed by atoms with Crippen molar-refractivity contribution < 1.29 is 13.0 Å². The van der Waals surface area contributed by atoms with Crippen LogP contribution in [0.2, 0.25) is 0 Å². The highest BCUT2D eigenvalue weighted by atomic mass is 32.2.